The molecule has 2 atom stereocenters. The molecule has 2 aliphatic carbocycles. The van der Waals surface area contributed by atoms with Gasteiger partial charge in [-0.3, -0.25) is 14.5 Å². The minimum absolute atomic E-state index is 0.00190. The molecule has 4 aliphatic rings. The van der Waals surface area contributed by atoms with Crippen LogP contribution in [0.15, 0.2) is 47.7 Å². The Balaban J connectivity index is 1.44. The molecule has 7 nitrogen and oxygen atoms in total. The van der Waals surface area contributed by atoms with Crippen molar-refractivity contribution in [3.8, 4) is 0 Å². The summed E-state index contributed by atoms with van der Waals surface area (Å²) in [5.41, 5.74) is 3.83. The molecule has 0 saturated carbocycles. The van der Waals surface area contributed by atoms with Gasteiger partial charge < -0.3 is 20.3 Å². The fourth-order valence-electron chi connectivity index (χ4n) is 6.25. The molecule has 2 heterocycles. The van der Waals surface area contributed by atoms with Crippen molar-refractivity contribution < 1.29 is 14.3 Å². The number of allylic oxidation sites excluding steroid dienone is 3. The predicted molar refractivity (Wildman–Crippen MR) is 143 cm³/mol. The number of rotatable bonds is 6. The summed E-state index contributed by atoms with van der Waals surface area (Å²) in [6.45, 7) is 9.35. The van der Waals surface area contributed by atoms with E-state index in [1.54, 1.807) is 0 Å². The van der Waals surface area contributed by atoms with Crippen LogP contribution in [0.25, 0.3) is 0 Å². The third-order valence-corrected chi connectivity index (χ3v) is 7.97. The summed E-state index contributed by atoms with van der Waals surface area (Å²) in [5, 5.41) is 6.80. The molecular formula is C29H40N4O3. The Morgan fingerprint density at radius 3 is 2.75 bits per heavy atom. The van der Waals surface area contributed by atoms with Gasteiger partial charge in [0.05, 0.1) is 37.2 Å². The minimum atomic E-state index is -0.116. The number of morpholine rings is 1. The molecule has 1 aromatic carbocycles. The number of benzene rings is 1. The van der Waals surface area contributed by atoms with Crippen LogP contribution in [0.2, 0.25) is 0 Å². The van der Waals surface area contributed by atoms with Crippen molar-refractivity contribution >= 4 is 23.1 Å². The second kappa shape index (κ2) is 10.8. The minimum Gasteiger partial charge on any atom is -0.379 e. The van der Waals surface area contributed by atoms with Gasteiger partial charge in [-0.25, -0.2) is 0 Å². The van der Waals surface area contributed by atoms with E-state index in [1.165, 1.54) is 0 Å². The number of carbonyl (C=O) groups is 2. The first-order valence-corrected chi connectivity index (χ1v) is 13.5. The lowest BCUT2D eigenvalue weighted by Gasteiger charge is -2.41. The molecule has 7 heteroatoms. The molecular weight excluding hydrogens is 452 g/mol. The first kappa shape index (κ1) is 25.0. The Hall–Kier alpha value is -2.64. The highest BCUT2D eigenvalue weighted by Crippen LogP contribution is 2.46. The van der Waals surface area contributed by atoms with E-state index in [-0.39, 0.29) is 29.7 Å². The lowest BCUT2D eigenvalue weighted by molar-refractivity contribution is -0.121. The van der Waals surface area contributed by atoms with Crippen LogP contribution in [-0.2, 0) is 14.3 Å². The molecule has 1 saturated heterocycles. The summed E-state index contributed by atoms with van der Waals surface area (Å²) in [4.78, 5) is 31.6. The van der Waals surface area contributed by atoms with E-state index in [0.29, 0.717) is 18.9 Å². The van der Waals surface area contributed by atoms with E-state index in [4.69, 9.17) is 4.74 Å². The molecule has 0 radical (unpaired) electrons. The topological polar surface area (TPSA) is 73.9 Å². The fourth-order valence-corrected chi connectivity index (χ4v) is 6.25. The first-order valence-electron chi connectivity index (χ1n) is 13.5. The van der Waals surface area contributed by atoms with Gasteiger partial charge in [-0.2, -0.15) is 0 Å². The van der Waals surface area contributed by atoms with Crippen molar-refractivity contribution in [3.63, 3.8) is 0 Å². The Morgan fingerprint density at radius 1 is 1.17 bits per heavy atom. The van der Waals surface area contributed by atoms with Gasteiger partial charge in [0.1, 0.15) is 0 Å². The Bertz CT molecular complexity index is 1040. The first-order chi connectivity index (χ1) is 17.4. The molecule has 0 bridgehead atoms. The quantitative estimate of drug-likeness (QED) is 0.590. The summed E-state index contributed by atoms with van der Waals surface area (Å²) in [6.07, 6.45) is 8.82. The average molecular weight is 493 g/mol. The van der Waals surface area contributed by atoms with Gasteiger partial charge in [0.15, 0.2) is 5.78 Å². The zero-order valence-corrected chi connectivity index (χ0v) is 21.7. The summed E-state index contributed by atoms with van der Waals surface area (Å²) in [7, 11) is 0. The molecule has 5 rings (SSSR count). The zero-order chi connectivity index (χ0) is 25.1. The number of nitrogens with one attached hydrogen (secondary N) is 2. The highest BCUT2D eigenvalue weighted by molar-refractivity contribution is 6.01. The van der Waals surface area contributed by atoms with E-state index in [0.717, 1.165) is 81.2 Å². The van der Waals surface area contributed by atoms with Gasteiger partial charge >= 0.3 is 0 Å². The number of carbonyl (C=O) groups excluding carboxylic acids is 2. The maximum atomic E-state index is 13.7. The SMILES string of the molecule is CC1(C)CC(=O)C2=C(C1)Nc1ccccc1N(CC(=O)NCCN1CCOCC1)C2C1CC=CCC1. The third kappa shape index (κ3) is 5.52. The number of anilines is 2. The number of ether oxygens (including phenoxy) is 1. The maximum absolute atomic E-state index is 13.7. The van der Waals surface area contributed by atoms with Crippen LogP contribution in [0.5, 0.6) is 0 Å². The van der Waals surface area contributed by atoms with Crippen LogP contribution in [0, 0.1) is 11.3 Å². The third-order valence-electron chi connectivity index (χ3n) is 7.97. The Morgan fingerprint density at radius 2 is 1.97 bits per heavy atom. The van der Waals surface area contributed by atoms with Crippen molar-refractivity contribution in [2.75, 3.05) is 56.2 Å². The van der Waals surface area contributed by atoms with Gasteiger partial charge in [0.2, 0.25) is 5.91 Å². The van der Waals surface area contributed by atoms with Crippen LogP contribution >= 0.6 is 0 Å². The van der Waals surface area contributed by atoms with E-state index in [9.17, 15) is 9.59 Å². The van der Waals surface area contributed by atoms with Crippen LogP contribution < -0.4 is 15.5 Å². The molecule has 1 aromatic rings. The summed E-state index contributed by atoms with van der Waals surface area (Å²) in [6, 6.07) is 8.08. The Labute approximate surface area is 214 Å². The predicted octanol–water partition coefficient (Wildman–Crippen LogP) is 3.74. The largest absolute Gasteiger partial charge is 0.379 e. The number of nitrogens with zero attached hydrogens (tertiary/aromatic N) is 2. The van der Waals surface area contributed by atoms with Crippen molar-refractivity contribution in [3.05, 3.63) is 47.7 Å². The molecule has 0 aromatic heterocycles. The molecule has 1 amide bonds. The summed E-state index contributed by atoms with van der Waals surface area (Å²) in [5.74, 6) is 0.514. The van der Waals surface area contributed by atoms with Crippen molar-refractivity contribution in [2.45, 2.75) is 52.0 Å². The lowest BCUT2D eigenvalue weighted by atomic mass is 9.71. The van der Waals surface area contributed by atoms with Gasteiger partial charge in [0, 0.05) is 43.9 Å². The molecule has 36 heavy (non-hydrogen) atoms. The second-order valence-electron chi connectivity index (χ2n) is 11.4. The van der Waals surface area contributed by atoms with Gasteiger partial charge in [-0.1, -0.05) is 38.1 Å². The van der Waals surface area contributed by atoms with Crippen molar-refractivity contribution in [1.82, 2.24) is 10.2 Å². The van der Waals surface area contributed by atoms with Gasteiger partial charge in [-0.05, 0) is 49.1 Å². The monoisotopic (exact) mass is 492 g/mol. The van der Waals surface area contributed by atoms with E-state index < -0.39 is 0 Å². The van der Waals surface area contributed by atoms with E-state index in [2.05, 4.69) is 58.6 Å². The molecule has 2 N–H and O–H groups in total. The summed E-state index contributed by atoms with van der Waals surface area (Å²) < 4.78 is 5.43. The van der Waals surface area contributed by atoms with Gasteiger partial charge in [-0.15, -0.1) is 0 Å². The van der Waals surface area contributed by atoms with Crippen LogP contribution in [0.4, 0.5) is 11.4 Å². The number of hydrogen-bond donors (Lipinski definition) is 2. The van der Waals surface area contributed by atoms with Crippen LogP contribution in [-0.4, -0.2) is 68.6 Å². The highest BCUT2D eigenvalue weighted by Gasteiger charge is 2.43. The number of amides is 1. The fraction of sp³-hybridized carbons (Fsp3) is 0.586. The number of hydrogen-bond acceptors (Lipinski definition) is 6. The molecule has 0 spiro atoms. The standard InChI is InChI=1S/C29H40N4O3/c1-29(2)18-23-27(25(34)19-29)28(21-8-4-3-5-9-21)33(24-11-7-6-10-22(24)31-23)20-26(35)30-12-13-32-14-16-36-17-15-32/h3-4,6-7,10-11,21,28,31H,5,8-9,12-20H2,1-2H3,(H,30,35). The average Bonchev–Trinajstić information content (AvgIpc) is 2.99. The van der Waals surface area contributed by atoms with Crippen LogP contribution in [0.3, 0.4) is 0 Å². The number of para-hydroxylation sites is 2. The molecule has 194 valence electrons. The van der Waals surface area contributed by atoms with Gasteiger partial charge in [0.25, 0.3) is 0 Å². The number of Topliss-reactive ketones (excluding diaryl/α,β-unsaturated/α-hetero) is 1. The normalized spacial score (nSPS) is 26.1. The molecule has 2 aliphatic heterocycles. The number of fused-ring (bicyclic) bond motifs is 1. The highest BCUT2D eigenvalue weighted by atomic mass is 16.5. The van der Waals surface area contributed by atoms with E-state index >= 15 is 0 Å². The summed E-state index contributed by atoms with van der Waals surface area (Å²) >= 11 is 0. The van der Waals surface area contributed by atoms with Crippen molar-refractivity contribution in [1.29, 1.82) is 0 Å². The smallest absolute Gasteiger partial charge is 0.239 e. The molecule has 1 fully saturated rings. The van der Waals surface area contributed by atoms with Crippen molar-refractivity contribution in [2.24, 2.45) is 11.3 Å². The number of ketones is 1. The maximum Gasteiger partial charge on any atom is 0.239 e. The van der Waals surface area contributed by atoms with E-state index in [1.807, 2.05) is 12.1 Å². The molecule has 2 unspecified atom stereocenters. The lowest BCUT2D eigenvalue weighted by Crippen LogP contribution is -2.50. The van der Waals surface area contributed by atoms with Crippen LogP contribution in [0.1, 0.15) is 46.0 Å². The zero-order valence-electron chi connectivity index (χ0n) is 21.7. The Kier molecular flexibility index (Phi) is 7.49. The second-order valence-corrected chi connectivity index (χ2v) is 11.4.